The smallest absolute Gasteiger partial charge is 0.200 e. The molecular weight excluding hydrogens is 234 g/mol. The van der Waals surface area contributed by atoms with Crippen molar-refractivity contribution < 1.29 is 9.52 Å². The number of nitroso groups, excluding NO2 is 1. The Labute approximate surface area is 100 Å². The maximum absolute atomic E-state index is 12.1. The Kier molecular flexibility index (Phi) is 2.13. The summed E-state index contributed by atoms with van der Waals surface area (Å²) in [6, 6.07) is 8.64. The third-order valence-corrected chi connectivity index (χ3v) is 2.74. The number of fused-ring (bicyclic) bond motifs is 2. The highest BCUT2D eigenvalue weighted by atomic mass is 16.3. The average Bonchev–Trinajstić information content (AvgIpc) is 2.38. The zero-order chi connectivity index (χ0) is 12.7. The highest BCUT2D eigenvalue weighted by Crippen LogP contribution is 2.24. The molecule has 0 saturated carbocycles. The van der Waals surface area contributed by atoms with Crippen molar-refractivity contribution in [3.05, 3.63) is 51.5 Å². The summed E-state index contributed by atoms with van der Waals surface area (Å²) in [6.45, 7) is 0. The van der Waals surface area contributed by atoms with Crippen LogP contribution in [0.5, 0.6) is 5.75 Å². The number of phenols is 1. The van der Waals surface area contributed by atoms with Gasteiger partial charge >= 0.3 is 0 Å². The molecule has 1 aromatic heterocycles. The van der Waals surface area contributed by atoms with Crippen molar-refractivity contribution in [2.45, 2.75) is 0 Å². The van der Waals surface area contributed by atoms with Gasteiger partial charge in [-0.15, -0.1) is 4.91 Å². The lowest BCUT2D eigenvalue weighted by molar-refractivity contribution is 0.474. The summed E-state index contributed by atoms with van der Waals surface area (Å²) in [5, 5.41) is 12.9. The third-order valence-electron chi connectivity index (χ3n) is 2.74. The van der Waals surface area contributed by atoms with Crippen molar-refractivity contribution in [3.63, 3.8) is 0 Å². The van der Waals surface area contributed by atoms with E-state index < -0.39 is 0 Å². The number of hydrogen-bond donors (Lipinski definition) is 1. The molecule has 0 aliphatic carbocycles. The van der Waals surface area contributed by atoms with Gasteiger partial charge in [-0.25, -0.2) is 0 Å². The van der Waals surface area contributed by atoms with E-state index >= 15 is 0 Å². The first-order valence-electron chi connectivity index (χ1n) is 5.22. The summed E-state index contributed by atoms with van der Waals surface area (Å²) in [4.78, 5) is 22.6. The highest BCUT2D eigenvalue weighted by molar-refractivity contribution is 5.91. The summed E-state index contributed by atoms with van der Waals surface area (Å²) in [5.74, 6) is 0.00895. The second-order valence-corrected chi connectivity index (χ2v) is 3.88. The molecule has 5 heteroatoms. The Balaban J connectivity index is 2.52. The fourth-order valence-corrected chi connectivity index (χ4v) is 1.89. The summed E-state index contributed by atoms with van der Waals surface area (Å²) in [7, 11) is 0. The lowest BCUT2D eigenvalue weighted by Gasteiger charge is -2.01. The molecule has 0 amide bonds. The molecule has 1 N–H and O–H groups in total. The van der Waals surface area contributed by atoms with Gasteiger partial charge in [0.2, 0.25) is 5.43 Å². The van der Waals surface area contributed by atoms with Crippen LogP contribution in [0.1, 0.15) is 0 Å². The van der Waals surface area contributed by atoms with Gasteiger partial charge < -0.3 is 9.52 Å². The van der Waals surface area contributed by atoms with E-state index in [1.165, 1.54) is 36.4 Å². The van der Waals surface area contributed by atoms with Crippen LogP contribution >= 0.6 is 0 Å². The predicted octanol–water partition coefficient (Wildman–Crippen LogP) is 3.05. The third kappa shape index (κ3) is 1.45. The second-order valence-electron chi connectivity index (χ2n) is 3.88. The lowest BCUT2D eigenvalue weighted by atomic mass is 10.1. The molecule has 18 heavy (non-hydrogen) atoms. The van der Waals surface area contributed by atoms with Crippen LogP contribution in [0.3, 0.4) is 0 Å². The Bertz CT molecular complexity index is 835. The molecule has 3 rings (SSSR count). The van der Waals surface area contributed by atoms with Gasteiger partial charge in [0.05, 0.1) is 10.8 Å². The van der Waals surface area contributed by atoms with Gasteiger partial charge in [0.15, 0.2) is 0 Å². The molecule has 0 atom stereocenters. The van der Waals surface area contributed by atoms with E-state index in [9.17, 15) is 14.8 Å². The first-order valence-corrected chi connectivity index (χ1v) is 5.22. The number of benzene rings is 2. The van der Waals surface area contributed by atoms with Gasteiger partial charge in [0.25, 0.3) is 0 Å². The molecule has 0 radical (unpaired) electrons. The lowest BCUT2D eigenvalue weighted by Crippen LogP contribution is -2.01. The van der Waals surface area contributed by atoms with E-state index in [0.29, 0.717) is 10.8 Å². The summed E-state index contributed by atoms with van der Waals surface area (Å²) < 4.78 is 5.49. The number of hydrogen-bond acceptors (Lipinski definition) is 5. The monoisotopic (exact) mass is 241 g/mol. The van der Waals surface area contributed by atoms with E-state index in [0.717, 1.165) is 0 Å². The van der Waals surface area contributed by atoms with Crippen LogP contribution in [0.2, 0.25) is 0 Å². The van der Waals surface area contributed by atoms with Crippen LogP contribution in [-0.4, -0.2) is 5.11 Å². The molecule has 0 spiro atoms. The molecule has 0 bridgehead atoms. The molecule has 88 valence electrons. The quantitative estimate of drug-likeness (QED) is 0.524. The molecule has 1 heterocycles. The standard InChI is InChI=1S/C13H7NO4/c15-8-2-4-10-12(6-8)18-11-5-7(14-17)1-3-9(11)13(10)16/h1-6,15H. The minimum Gasteiger partial charge on any atom is -0.508 e. The molecule has 0 aliphatic rings. The molecular formula is C13H7NO4. The van der Waals surface area contributed by atoms with Crippen LogP contribution < -0.4 is 5.43 Å². The SMILES string of the molecule is O=Nc1ccc2c(=O)c3ccc(O)cc3oc2c1. The number of aromatic hydroxyl groups is 1. The van der Waals surface area contributed by atoms with Crippen molar-refractivity contribution >= 4 is 27.6 Å². The average molecular weight is 241 g/mol. The van der Waals surface area contributed by atoms with E-state index in [1.807, 2.05) is 0 Å². The molecule has 2 aromatic carbocycles. The summed E-state index contributed by atoms with van der Waals surface area (Å²) >= 11 is 0. The summed E-state index contributed by atoms with van der Waals surface area (Å²) in [6.07, 6.45) is 0. The van der Waals surface area contributed by atoms with Crippen LogP contribution in [0.4, 0.5) is 5.69 Å². The molecule has 3 aromatic rings. The van der Waals surface area contributed by atoms with Gasteiger partial charge in [0.1, 0.15) is 22.6 Å². The Morgan fingerprint density at radius 1 is 1.00 bits per heavy atom. The first kappa shape index (κ1) is 10.5. The Morgan fingerprint density at radius 2 is 1.67 bits per heavy atom. The van der Waals surface area contributed by atoms with E-state index in [1.54, 1.807) is 0 Å². The van der Waals surface area contributed by atoms with E-state index in [2.05, 4.69) is 5.18 Å². The fraction of sp³-hybridized carbons (Fsp3) is 0. The maximum Gasteiger partial charge on any atom is 0.200 e. The Morgan fingerprint density at radius 3 is 2.39 bits per heavy atom. The topological polar surface area (TPSA) is 79.9 Å². The van der Waals surface area contributed by atoms with Crippen LogP contribution in [0.15, 0.2) is 50.8 Å². The number of phenolic OH excluding ortho intramolecular Hbond substituents is 1. The number of rotatable bonds is 1. The van der Waals surface area contributed by atoms with Gasteiger partial charge in [-0.1, -0.05) is 0 Å². The largest absolute Gasteiger partial charge is 0.508 e. The minimum atomic E-state index is -0.205. The zero-order valence-corrected chi connectivity index (χ0v) is 9.08. The molecule has 0 unspecified atom stereocenters. The van der Waals surface area contributed by atoms with Crippen molar-refractivity contribution in [1.82, 2.24) is 0 Å². The van der Waals surface area contributed by atoms with Crippen molar-refractivity contribution in [2.75, 3.05) is 0 Å². The Hall–Kier alpha value is -2.69. The van der Waals surface area contributed by atoms with Crippen molar-refractivity contribution in [1.29, 1.82) is 0 Å². The van der Waals surface area contributed by atoms with Crippen molar-refractivity contribution in [2.24, 2.45) is 5.18 Å². The predicted molar refractivity (Wildman–Crippen MR) is 67.1 cm³/mol. The summed E-state index contributed by atoms with van der Waals surface area (Å²) in [5.41, 5.74) is 0.527. The zero-order valence-electron chi connectivity index (χ0n) is 9.08. The minimum absolute atomic E-state index is 0.00895. The molecule has 0 aliphatic heterocycles. The van der Waals surface area contributed by atoms with Gasteiger partial charge in [-0.2, -0.15) is 0 Å². The fourth-order valence-electron chi connectivity index (χ4n) is 1.89. The number of nitrogens with zero attached hydrogens (tertiary/aromatic N) is 1. The van der Waals surface area contributed by atoms with Gasteiger partial charge in [-0.05, 0) is 29.4 Å². The van der Waals surface area contributed by atoms with E-state index in [4.69, 9.17) is 4.42 Å². The van der Waals surface area contributed by atoms with Crippen LogP contribution in [-0.2, 0) is 0 Å². The van der Waals surface area contributed by atoms with Crippen LogP contribution in [0, 0.1) is 4.91 Å². The van der Waals surface area contributed by atoms with Crippen LogP contribution in [0.25, 0.3) is 21.9 Å². The first-order chi connectivity index (χ1) is 8.69. The van der Waals surface area contributed by atoms with E-state index in [-0.39, 0.29) is 28.0 Å². The second kappa shape index (κ2) is 3.66. The highest BCUT2D eigenvalue weighted by Gasteiger charge is 2.08. The molecule has 0 saturated heterocycles. The molecule has 0 fully saturated rings. The molecule has 5 nitrogen and oxygen atoms in total. The van der Waals surface area contributed by atoms with Gasteiger partial charge in [-0.3, -0.25) is 4.79 Å². The van der Waals surface area contributed by atoms with Crippen molar-refractivity contribution in [3.8, 4) is 5.75 Å². The van der Waals surface area contributed by atoms with Gasteiger partial charge in [0, 0.05) is 12.1 Å². The normalized spacial score (nSPS) is 10.9. The maximum atomic E-state index is 12.1.